The lowest BCUT2D eigenvalue weighted by Crippen LogP contribution is -2.09. The number of hydrogen-bond donors (Lipinski definition) is 3. The lowest BCUT2D eigenvalue weighted by molar-refractivity contribution is 0.0601. The van der Waals surface area contributed by atoms with Crippen LogP contribution >= 0.6 is 0 Å². The quantitative estimate of drug-likeness (QED) is 0.0935. The molecule has 5 N–H and O–H groups in total. The maximum Gasteiger partial charge on any atom is 0.343 e. The van der Waals surface area contributed by atoms with Crippen LogP contribution in [0, 0.1) is 0 Å². The van der Waals surface area contributed by atoms with Gasteiger partial charge in [0, 0.05) is 20.2 Å². The number of rotatable bonds is 13. The van der Waals surface area contributed by atoms with Crippen molar-refractivity contribution in [2.45, 2.75) is 39.5 Å². The van der Waals surface area contributed by atoms with Crippen LogP contribution < -0.4 is 11.5 Å². The summed E-state index contributed by atoms with van der Waals surface area (Å²) >= 11 is 0. The van der Waals surface area contributed by atoms with Crippen LogP contribution in [0.3, 0.4) is 0 Å². The SMILES string of the molecule is CCCc1nn(-c2cc(-n3nc(CCC)c(N=Nc4c(C(=O)OC)cnn4C)c3N)ncn2)c(N)c1N=Nc1c(C(=O)CO)cnn1C. The number of carbonyl (C=O) groups is 2. The molecule has 5 aromatic heterocycles. The molecule has 0 amide bonds. The van der Waals surface area contributed by atoms with Gasteiger partial charge in [-0.2, -0.15) is 29.8 Å². The number of carbonyl (C=O) groups excluding carboxylic acids is 2. The lowest BCUT2D eigenvalue weighted by Gasteiger charge is -2.06. The van der Waals surface area contributed by atoms with E-state index in [1.165, 1.54) is 44.6 Å². The third kappa shape index (κ3) is 6.27. The minimum absolute atomic E-state index is 0.120. The maximum absolute atomic E-state index is 12.2. The number of nitrogen functional groups attached to an aromatic ring is 2. The smallest absolute Gasteiger partial charge is 0.343 e. The number of aromatic nitrogens is 10. The Morgan fingerprint density at radius 3 is 1.75 bits per heavy atom. The van der Waals surface area contributed by atoms with E-state index in [1.807, 2.05) is 13.8 Å². The zero-order chi connectivity index (χ0) is 34.5. The highest BCUT2D eigenvalue weighted by Gasteiger charge is 2.23. The Morgan fingerprint density at radius 2 is 1.29 bits per heavy atom. The van der Waals surface area contributed by atoms with E-state index in [0.29, 0.717) is 41.6 Å². The predicted octanol–water partition coefficient (Wildman–Crippen LogP) is 3.18. The van der Waals surface area contributed by atoms with Crippen molar-refractivity contribution in [3.8, 4) is 11.6 Å². The van der Waals surface area contributed by atoms with Gasteiger partial charge in [0.05, 0.1) is 36.5 Å². The summed E-state index contributed by atoms with van der Waals surface area (Å²) in [5.74, 6) is 0.0591. The molecular weight excluding hydrogens is 624 g/mol. The molecule has 5 heterocycles. The molecule has 0 spiro atoms. The number of Topliss-reactive ketones (excluding diaryl/α,β-unsaturated/α-hetero) is 1. The van der Waals surface area contributed by atoms with Crippen molar-refractivity contribution >= 4 is 46.4 Å². The maximum atomic E-state index is 12.2. The number of ketones is 1. The predicted molar refractivity (Wildman–Crippen MR) is 171 cm³/mol. The number of aliphatic hydroxyl groups is 1. The van der Waals surface area contributed by atoms with Gasteiger partial charge >= 0.3 is 5.97 Å². The van der Waals surface area contributed by atoms with Crippen molar-refractivity contribution in [3.05, 3.63) is 47.3 Å². The minimum atomic E-state index is -0.697. The van der Waals surface area contributed by atoms with Crippen molar-refractivity contribution in [2.24, 2.45) is 34.6 Å². The lowest BCUT2D eigenvalue weighted by atomic mass is 10.2. The molecule has 0 aliphatic rings. The number of nitrogens with two attached hydrogens (primary N) is 2. The van der Waals surface area contributed by atoms with Crippen molar-refractivity contribution < 1.29 is 19.4 Å². The minimum Gasteiger partial charge on any atom is -0.465 e. The molecule has 0 aliphatic heterocycles. The zero-order valence-corrected chi connectivity index (χ0v) is 26.9. The van der Waals surface area contributed by atoms with Crippen molar-refractivity contribution in [3.63, 3.8) is 0 Å². The molecule has 0 aliphatic carbocycles. The number of methoxy groups -OCH3 is 1. The summed E-state index contributed by atoms with van der Waals surface area (Å²) < 4.78 is 10.4. The van der Waals surface area contributed by atoms with E-state index in [-0.39, 0.29) is 40.1 Å². The van der Waals surface area contributed by atoms with Crippen LogP contribution in [0.5, 0.6) is 0 Å². The van der Waals surface area contributed by atoms with Gasteiger partial charge < -0.3 is 21.3 Å². The summed E-state index contributed by atoms with van der Waals surface area (Å²) in [5.41, 5.74) is 15.0. The van der Waals surface area contributed by atoms with Crippen LogP contribution in [-0.4, -0.2) is 79.7 Å². The summed E-state index contributed by atoms with van der Waals surface area (Å²) in [6.07, 6.45) is 6.49. The Labute approximate surface area is 273 Å². The van der Waals surface area contributed by atoms with Gasteiger partial charge in [0.15, 0.2) is 52.1 Å². The Morgan fingerprint density at radius 1 is 0.812 bits per heavy atom. The van der Waals surface area contributed by atoms with Gasteiger partial charge in [0.1, 0.15) is 18.5 Å². The van der Waals surface area contributed by atoms with Crippen molar-refractivity contribution in [2.75, 3.05) is 25.2 Å². The van der Waals surface area contributed by atoms with Crippen LogP contribution in [0.2, 0.25) is 0 Å². The molecule has 0 aromatic carbocycles. The van der Waals surface area contributed by atoms with Gasteiger partial charge in [0.25, 0.3) is 0 Å². The topological polar surface area (TPSA) is 262 Å². The summed E-state index contributed by atoms with van der Waals surface area (Å²) in [4.78, 5) is 33.1. The van der Waals surface area contributed by atoms with Crippen molar-refractivity contribution in [1.29, 1.82) is 0 Å². The van der Waals surface area contributed by atoms with Gasteiger partial charge in [-0.1, -0.05) is 26.7 Å². The van der Waals surface area contributed by atoms with Gasteiger partial charge in [-0.3, -0.25) is 4.79 Å². The average Bonchev–Trinajstić information content (AvgIpc) is 3.82. The standard InChI is InChI=1S/C28H34N16O4/c1-6-8-17-22(35-37-26-15(19(46)13-45)11-33-41(26)3)24(29)43(39-17)20-10-21(32-14-31-20)44-25(30)23(18(40-44)9-7-2)36-38-27-16(28(47)48-5)12-34-42(27)4/h10-12,14,45H,6-9,13,29-30H2,1-5H3. The molecule has 20 heteroatoms. The van der Waals surface area contributed by atoms with Gasteiger partial charge in [-0.15, -0.1) is 20.5 Å². The fourth-order valence-corrected chi connectivity index (χ4v) is 4.72. The summed E-state index contributed by atoms with van der Waals surface area (Å²) in [5, 5.41) is 43.9. The Kier molecular flexibility index (Phi) is 9.73. The first-order valence-electron chi connectivity index (χ1n) is 14.8. The number of esters is 1. The van der Waals surface area contributed by atoms with E-state index in [4.69, 9.17) is 16.2 Å². The highest BCUT2D eigenvalue weighted by molar-refractivity contribution is 6.00. The number of ether oxygens (including phenoxy) is 1. The van der Waals surface area contributed by atoms with E-state index in [0.717, 1.165) is 12.8 Å². The Balaban J connectivity index is 1.54. The molecule has 48 heavy (non-hydrogen) atoms. The summed E-state index contributed by atoms with van der Waals surface area (Å²) in [6, 6.07) is 1.59. The zero-order valence-electron chi connectivity index (χ0n) is 26.9. The first kappa shape index (κ1) is 33.2. The van der Waals surface area contributed by atoms with Gasteiger partial charge in [0.2, 0.25) is 0 Å². The molecule has 5 rings (SSSR count). The number of nitrogens with zero attached hydrogens (tertiary/aromatic N) is 14. The van der Waals surface area contributed by atoms with Crippen LogP contribution in [0.25, 0.3) is 11.6 Å². The molecule has 0 bridgehead atoms. The van der Waals surface area contributed by atoms with Crippen LogP contribution in [0.15, 0.2) is 45.2 Å². The van der Waals surface area contributed by atoms with Gasteiger partial charge in [-0.05, 0) is 12.8 Å². The van der Waals surface area contributed by atoms with E-state index in [1.54, 1.807) is 20.2 Å². The molecule has 0 saturated carbocycles. The van der Waals surface area contributed by atoms with Gasteiger partial charge in [-0.25, -0.2) is 24.1 Å². The number of anilines is 2. The third-order valence-corrected chi connectivity index (χ3v) is 7.13. The number of azo groups is 2. The molecule has 0 atom stereocenters. The van der Waals surface area contributed by atoms with Crippen molar-refractivity contribution in [1.82, 2.24) is 49.1 Å². The summed E-state index contributed by atoms with van der Waals surface area (Å²) in [7, 11) is 4.49. The third-order valence-electron chi connectivity index (χ3n) is 7.13. The molecule has 20 nitrogen and oxygen atoms in total. The van der Waals surface area contributed by atoms with Crippen LogP contribution in [-0.2, 0) is 31.7 Å². The number of aliphatic hydroxyl groups excluding tert-OH is 1. The van der Waals surface area contributed by atoms with E-state index >= 15 is 0 Å². The first-order valence-corrected chi connectivity index (χ1v) is 14.8. The fraction of sp³-hybridized carbons (Fsp3) is 0.357. The molecule has 0 fully saturated rings. The fourth-order valence-electron chi connectivity index (χ4n) is 4.72. The monoisotopic (exact) mass is 658 g/mol. The molecule has 250 valence electrons. The van der Waals surface area contributed by atoms with E-state index in [9.17, 15) is 14.7 Å². The molecular formula is C28H34N16O4. The Bertz CT molecular complexity index is 1890. The van der Waals surface area contributed by atoms with Crippen LogP contribution in [0.4, 0.5) is 34.6 Å². The second kappa shape index (κ2) is 14.1. The largest absolute Gasteiger partial charge is 0.465 e. The molecule has 0 saturated heterocycles. The molecule has 0 unspecified atom stereocenters. The van der Waals surface area contributed by atoms with Crippen LogP contribution in [0.1, 0.15) is 58.8 Å². The number of aryl methyl sites for hydroxylation is 4. The van der Waals surface area contributed by atoms with E-state index < -0.39 is 18.4 Å². The second-order valence-corrected chi connectivity index (χ2v) is 10.4. The average molecular weight is 659 g/mol. The second-order valence-electron chi connectivity index (χ2n) is 10.4. The molecule has 5 aromatic rings. The number of hydrogen-bond acceptors (Lipinski definition) is 16. The van der Waals surface area contributed by atoms with E-state index in [2.05, 4.69) is 50.8 Å². The highest BCUT2D eigenvalue weighted by Crippen LogP contribution is 2.34. The Hall–Kier alpha value is -6.18. The highest BCUT2D eigenvalue weighted by atomic mass is 16.5. The molecule has 0 radical (unpaired) electrons. The normalized spacial score (nSPS) is 11.7. The summed E-state index contributed by atoms with van der Waals surface area (Å²) in [6.45, 7) is 3.27. The first-order chi connectivity index (χ1) is 23.1.